The van der Waals surface area contributed by atoms with Crippen molar-refractivity contribution < 1.29 is 5.21 Å². The molecule has 1 aliphatic carbocycles. The normalized spacial score (nSPS) is 31.9. The highest BCUT2D eigenvalue weighted by atomic mass is 16.5. The van der Waals surface area contributed by atoms with Crippen molar-refractivity contribution in [1.82, 2.24) is 9.96 Å². The molecule has 0 saturated carbocycles. The third-order valence-corrected chi connectivity index (χ3v) is 4.72. The molecule has 2 atom stereocenters. The molecule has 1 fully saturated rings. The van der Waals surface area contributed by atoms with Crippen LogP contribution < -0.4 is 5.73 Å². The van der Waals surface area contributed by atoms with Gasteiger partial charge in [0.2, 0.25) is 5.96 Å². The average molecular weight is 264 g/mol. The minimum Gasteiger partial charge on any atom is -0.368 e. The molecule has 0 spiro atoms. The summed E-state index contributed by atoms with van der Waals surface area (Å²) < 4.78 is 0. The molecule has 0 aromatic rings. The van der Waals surface area contributed by atoms with E-state index in [1.807, 2.05) is 0 Å². The van der Waals surface area contributed by atoms with Crippen molar-refractivity contribution in [1.29, 1.82) is 0 Å². The molecular formula is C14H24N4O. The summed E-state index contributed by atoms with van der Waals surface area (Å²) in [5.74, 6) is 0.972. The maximum Gasteiger partial charge on any atom is 0.220 e. The number of aliphatic imine (C=N–C) groups is 1. The zero-order chi connectivity index (χ0) is 13.4. The second-order valence-electron chi connectivity index (χ2n) is 5.99. The van der Waals surface area contributed by atoms with Crippen LogP contribution in [-0.4, -0.2) is 46.8 Å². The molecule has 5 nitrogen and oxygen atoms in total. The number of likely N-dealkylation sites (tertiary alicyclic amines) is 1. The molecule has 0 amide bonds. The van der Waals surface area contributed by atoms with E-state index in [9.17, 15) is 5.21 Å². The quantitative estimate of drug-likeness (QED) is 0.794. The fraction of sp³-hybridized carbons (Fsp3) is 0.786. The van der Waals surface area contributed by atoms with Gasteiger partial charge in [-0.1, -0.05) is 6.92 Å². The van der Waals surface area contributed by atoms with E-state index >= 15 is 0 Å². The molecule has 0 aromatic carbocycles. The first-order valence-corrected chi connectivity index (χ1v) is 7.44. The second kappa shape index (κ2) is 5.13. The van der Waals surface area contributed by atoms with E-state index in [1.54, 1.807) is 0 Å². The molecule has 5 heteroatoms. The van der Waals surface area contributed by atoms with E-state index < -0.39 is 0 Å². The number of fused-ring (bicyclic) bond motifs is 1. The Hall–Kier alpha value is -1.07. The minimum absolute atomic E-state index is 0.249. The zero-order valence-electron chi connectivity index (χ0n) is 11.7. The Bertz CT molecular complexity index is 416. The van der Waals surface area contributed by atoms with Crippen LogP contribution >= 0.6 is 0 Å². The van der Waals surface area contributed by atoms with Crippen molar-refractivity contribution in [2.24, 2.45) is 16.6 Å². The number of hydrogen-bond donors (Lipinski definition) is 2. The van der Waals surface area contributed by atoms with E-state index in [0.29, 0.717) is 12.6 Å². The number of piperidine rings is 1. The van der Waals surface area contributed by atoms with Crippen molar-refractivity contribution in [3.63, 3.8) is 0 Å². The monoisotopic (exact) mass is 264 g/mol. The molecule has 3 N–H and O–H groups in total. The lowest BCUT2D eigenvalue weighted by molar-refractivity contribution is -0.0136. The van der Waals surface area contributed by atoms with Gasteiger partial charge in [0.25, 0.3) is 0 Å². The van der Waals surface area contributed by atoms with Gasteiger partial charge in [-0.25, -0.2) is 10.1 Å². The topological polar surface area (TPSA) is 65.1 Å². The Morgan fingerprint density at radius 3 is 3.05 bits per heavy atom. The molecule has 2 unspecified atom stereocenters. The van der Waals surface area contributed by atoms with Gasteiger partial charge >= 0.3 is 0 Å². The Morgan fingerprint density at radius 1 is 1.42 bits per heavy atom. The molecular weight excluding hydrogens is 240 g/mol. The van der Waals surface area contributed by atoms with Gasteiger partial charge in [0.05, 0.1) is 6.54 Å². The predicted octanol–water partition coefficient (Wildman–Crippen LogP) is 1.54. The molecule has 0 bridgehead atoms. The molecule has 2 aliphatic heterocycles. The number of nitrogens with zero attached hydrogens (tertiary/aromatic N) is 3. The van der Waals surface area contributed by atoms with Gasteiger partial charge < -0.3 is 5.73 Å². The summed E-state index contributed by atoms with van der Waals surface area (Å²) >= 11 is 0. The van der Waals surface area contributed by atoms with Crippen molar-refractivity contribution in [3.05, 3.63) is 11.3 Å². The lowest BCUT2D eigenvalue weighted by atomic mass is 9.77. The van der Waals surface area contributed by atoms with E-state index in [1.165, 1.54) is 37.9 Å². The first-order chi connectivity index (χ1) is 9.19. The van der Waals surface area contributed by atoms with Gasteiger partial charge in [-0.2, -0.15) is 0 Å². The highest BCUT2D eigenvalue weighted by Gasteiger charge is 2.37. The van der Waals surface area contributed by atoms with Crippen LogP contribution in [0.4, 0.5) is 0 Å². The van der Waals surface area contributed by atoms with Gasteiger partial charge in [-0.15, -0.1) is 0 Å². The van der Waals surface area contributed by atoms with Crippen LogP contribution in [-0.2, 0) is 0 Å². The Kier molecular flexibility index (Phi) is 3.50. The summed E-state index contributed by atoms with van der Waals surface area (Å²) in [5, 5.41) is 10.8. The van der Waals surface area contributed by atoms with Crippen LogP contribution in [0.1, 0.15) is 39.0 Å². The van der Waals surface area contributed by atoms with Crippen LogP contribution in [0.3, 0.4) is 0 Å². The number of rotatable bonds is 2. The fourth-order valence-corrected chi connectivity index (χ4v) is 3.81. The molecule has 2 heterocycles. The summed E-state index contributed by atoms with van der Waals surface area (Å²) in [5.41, 5.74) is 8.13. The third-order valence-electron chi connectivity index (χ3n) is 4.72. The number of allylic oxidation sites excluding steroid dienone is 1. The molecule has 106 valence electrons. The number of hydrogen-bond acceptors (Lipinski definition) is 5. The van der Waals surface area contributed by atoms with E-state index in [2.05, 4.69) is 16.8 Å². The molecule has 3 aliphatic rings. The van der Waals surface area contributed by atoms with Gasteiger partial charge in [-0.3, -0.25) is 10.1 Å². The molecule has 0 radical (unpaired) electrons. The Morgan fingerprint density at radius 2 is 2.26 bits per heavy atom. The maximum atomic E-state index is 9.71. The highest BCUT2D eigenvalue weighted by Crippen LogP contribution is 2.39. The van der Waals surface area contributed by atoms with Gasteiger partial charge in [0.15, 0.2) is 0 Å². The average Bonchev–Trinajstić information content (AvgIpc) is 2.39. The number of guanidine groups is 1. The van der Waals surface area contributed by atoms with Crippen molar-refractivity contribution >= 4 is 5.96 Å². The zero-order valence-corrected chi connectivity index (χ0v) is 11.7. The number of hydroxylamine groups is 2. The second-order valence-corrected chi connectivity index (χ2v) is 5.99. The third kappa shape index (κ3) is 2.37. The van der Waals surface area contributed by atoms with Crippen molar-refractivity contribution in [2.75, 3.05) is 19.6 Å². The predicted molar refractivity (Wildman–Crippen MR) is 74.8 cm³/mol. The lowest BCUT2D eigenvalue weighted by Gasteiger charge is -2.45. The van der Waals surface area contributed by atoms with Crippen LogP contribution in [0.2, 0.25) is 0 Å². The molecule has 1 saturated heterocycles. The van der Waals surface area contributed by atoms with Gasteiger partial charge in [0.1, 0.15) is 0 Å². The minimum atomic E-state index is 0.249. The maximum absolute atomic E-state index is 9.71. The van der Waals surface area contributed by atoms with E-state index in [-0.39, 0.29) is 5.96 Å². The van der Waals surface area contributed by atoms with Gasteiger partial charge in [-0.05, 0) is 56.7 Å². The van der Waals surface area contributed by atoms with Crippen molar-refractivity contribution in [3.8, 4) is 0 Å². The first kappa shape index (κ1) is 12.9. The fourth-order valence-electron chi connectivity index (χ4n) is 3.81. The summed E-state index contributed by atoms with van der Waals surface area (Å²) in [6, 6.07) is 0.648. The standard InChI is InChI=1S/C14H24N4O/c1-2-5-17-6-3-4-10-7-12-11(8-13(10)17)9-18(19)14(15)16-12/h10,13,19H,2-9H2,1H3,(H2,15,16). The molecule has 0 aromatic heterocycles. The van der Waals surface area contributed by atoms with E-state index in [4.69, 9.17) is 5.73 Å². The Balaban J connectivity index is 1.81. The van der Waals surface area contributed by atoms with Crippen LogP contribution in [0, 0.1) is 5.92 Å². The summed E-state index contributed by atoms with van der Waals surface area (Å²) in [4.78, 5) is 7.02. The van der Waals surface area contributed by atoms with Gasteiger partial charge in [0, 0.05) is 11.7 Å². The largest absolute Gasteiger partial charge is 0.368 e. The molecule has 19 heavy (non-hydrogen) atoms. The SMILES string of the molecule is CCCN1CCCC2CC3=C(CC21)CN(O)C(N)=N3. The number of nitrogens with two attached hydrogens (primary N) is 1. The van der Waals surface area contributed by atoms with Crippen LogP contribution in [0.15, 0.2) is 16.3 Å². The highest BCUT2D eigenvalue weighted by molar-refractivity contribution is 5.79. The summed E-state index contributed by atoms with van der Waals surface area (Å²) in [7, 11) is 0. The Labute approximate surface area is 114 Å². The van der Waals surface area contributed by atoms with Crippen LogP contribution in [0.25, 0.3) is 0 Å². The smallest absolute Gasteiger partial charge is 0.220 e. The first-order valence-electron chi connectivity index (χ1n) is 7.44. The summed E-state index contributed by atoms with van der Waals surface area (Å²) in [6.45, 7) is 5.20. The van der Waals surface area contributed by atoms with Crippen LogP contribution in [0.5, 0.6) is 0 Å². The summed E-state index contributed by atoms with van der Waals surface area (Å²) in [6.07, 6.45) is 5.91. The molecule has 3 rings (SSSR count). The van der Waals surface area contributed by atoms with E-state index in [0.717, 1.165) is 29.5 Å². The lowest BCUT2D eigenvalue weighted by Crippen LogP contribution is -2.49. The van der Waals surface area contributed by atoms with Crippen molar-refractivity contribution in [2.45, 2.75) is 45.1 Å².